The first kappa shape index (κ1) is 18.2. The topological polar surface area (TPSA) is 46.2 Å². The molecule has 1 aliphatic rings. The molecule has 0 spiro atoms. The van der Waals surface area contributed by atoms with E-state index in [4.69, 9.17) is 0 Å². The molecule has 0 radical (unpaired) electrons. The molecule has 1 aliphatic carbocycles. The maximum Gasteiger partial charge on any atom is 0.310 e. The lowest BCUT2D eigenvalue weighted by atomic mass is 9.85. The summed E-state index contributed by atoms with van der Waals surface area (Å²) in [5, 5.41) is 1.86. The van der Waals surface area contributed by atoms with Gasteiger partial charge in [0.15, 0.2) is 5.78 Å². The number of amides is 1. The summed E-state index contributed by atoms with van der Waals surface area (Å²) in [7, 11) is -9.96. The minimum Gasteiger partial charge on any atom is -0.326 e. The second kappa shape index (κ2) is 5.17. The number of nitrogens with one attached hydrogen (secondary N) is 1. The fourth-order valence-corrected chi connectivity index (χ4v) is 3.07. The monoisotopic (exact) mass is 421 g/mol. The number of hydrogen-bond acceptors (Lipinski definition) is 2. The third-order valence-corrected chi connectivity index (χ3v) is 5.17. The van der Waals surface area contributed by atoms with Crippen molar-refractivity contribution in [2.24, 2.45) is 5.92 Å². The summed E-state index contributed by atoms with van der Waals surface area (Å²) in [6.45, 7) is 0. The molecule has 10 heteroatoms. The molecule has 0 bridgehead atoms. The van der Waals surface area contributed by atoms with Gasteiger partial charge in [0.2, 0.25) is 5.91 Å². The van der Waals surface area contributed by atoms with E-state index in [0.717, 1.165) is 12.5 Å². The van der Waals surface area contributed by atoms with Crippen LogP contribution in [0.15, 0.2) is 23.1 Å². The molecule has 1 amide bonds. The lowest BCUT2D eigenvalue weighted by molar-refractivity contribution is -0.122. The Hall–Kier alpha value is -1.16. The van der Waals surface area contributed by atoms with Crippen molar-refractivity contribution in [2.75, 3.05) is 10.6 Å². The fourth-order valence-electron chi connectivity index (χ4n) is 2.05. The summed E-state index contributed by atoms with van der Waals surface area (Å²) in [6.07, 6.45) is 2.03. The third-order valence-electron chi connectivity index (χ3n) is 3.54. The molecule has 1 N–H and O–H groups in total. The van der Waals surface area contributed by atoms with Gasteiger partial charge < -0.3 is 5.32 Å². The molecule has 130 valence electrons. The van der Waals surface area contributed by atoms with Gasteiger partial charge in [0.1, 0.15) is 4.90 Å². The molecule has 0 aromatic heterocycles. The minimum atomic E-state index is -9.96. The Labute approximate surface area is 137 Å². The van der Waals surface area contributed by atoms with E-state index in [2.05, 4.69) is 21.2 Å². The van der Waals surface area contributed by atoms with Crippen molar-refractivity contribution < 1.29 is 29.0 Å². The highest BCUT2D eigenvalue weighted by atomic mass is 79.9. The number of carbonyl (C=O) groups is 2. The number of ketones is 1. The number of carbonyl (C=O) groups excluding carboxylic acids is 2. The van der Waals surface area contributed by atoms with Crippen molar-refractivity contribution in [3.63, 3.8) is 0 Å². The molecular formula is C13H13BrF5NO2S. The van der Waals surface area contributed by atoms with Crippen LogP contribution in [0.3, 0.4) is 0 Å². The van der Waals surface area contributed by atoms with Crippen molar-refractivity contribution in [3.8, 4) is 0 Å². The van der Waals surface area contributed by atoms with Crippen molar-refractivity contribution in [3.05, 3.63) is 23.8 Å². The van der Waals surface area contributed by atoms with Gasteiger partial charge in [-0.3, -0.25) is 9.59 Å². The van der Waals surface area contributed by atoms with Gasteiger partial charge in [0, 0.05) is 17.2 Å². The largest absolute Gasteiger partial charge is 0.326 e. The second-order valence-electron chi connectivity index (χ2n) is 5.39. The summed E-state index contributed by atoms with van der Waals surface area (Å²) in [5.74, 6) is -1.67. The fraction of sp³-hybridized carbons (Fsp3) is 0.385. The number of halogens is 6. The SMILES string of the molecule is O=C(CBr)c1cc(NC(=O)C2CCC2)cc(S(F)(F)(F)(F)F)c1. The number of alkyl halides is 1. The average molecular weight is 422 g/mol. The van der Waals surface area contributed by atoms with E-state index in [1.807, 2.05) is 0 Å². The van der Waals surface area contributed by atoms with Crippen LogP contribution in [0.5, 0.6) is 0 Å². The molecule has 0 aliphatic heterocycles. The van der Waals surface area contributed by atoms with Gasteiger partial charge in [-0.05, 0) is 31.0 Å². The van der Waals surface area contributed by atoms with Gasteiger partial charge in [0.25, 0.3) is 0 Å². The van der Waals surface area contributed by atoms with Crippen LogP contribution >= 0.6 is 26.2 Å². The Bertz CT molecular complexity index is 673. The van der Waals surface area contributed by atoms with Crippen LogP contribution in [0.25, 0.3) is 0 Å². The van der Waals surface area contributed by atoms with Crippen LogP contribution in [0.1, 0.15) is 29.6 Å². The van der Waals surface area contributed by atoms with E-state index >= 15 is 0 Å². The zero-order chi connectivity index (χ0) is 17.5. The summed E-state index contributed by atoms with van der Waals surface area (Å²) >= 11 is 2.78. The molecule has 0 saturated heterocycles. The Morgan fingerprint density at radius 2 is 1.74 bits per heavy atom. The molecule has 0 unspecified atom stereocenters. The third kappa shape index (κ3) is 4.43. The highest BCUT2D eigenvalue weighted by molar-refractivity contribution is 9.09. The molecule has 0 heterocycles. The molecule has 1 fully saturated rings. The Kier molecular flexibility index (Phi) is 4.09. The van der Waals surface area contributed by atoms with Crippen molar-refractivity contribution in [1.82, 2.24) is 0 Å². The Morgan fingerprint density at radius 3 is 2.17 bits per heavy atom. The van der Waals surface area contributed by atoms with Crippen molar-refractivity contribution in [2.45, 2.75) is 24.2 Å². The van der Waals surface area contributed by atoms with Gasteiger partial charge in [-0.15, -0.1) is 0 Å². The molecule has 0 atom stereocenters. The second-order valence-corrected chi connectivity index (χ2v) is 8.36. The Balaban J connectivity index is 2.46. The molecule has 1 aromatic rings. The average Bonchev–Trinajstić information content (AvgIpc) is 2.32. The van der Waals surface area contributed by atoms with Crippen LogP contribution in [-0.4, -0.2) is 17.0 Å². The number of Topliss-reactive ketones (excluding diaryl/α,β-unsaturated/α-hetero) is 1. The molecule has 2 rings (SSSR count). The molecule has 3 nitrogen and oxygen atoms in total. The zero-order valence-corrected chi connectivity index (χ0v) is 14.0. The number of benzene rings is 1. The first-order chi connectivity index (χ1) is 10.3. The van der Waals surface area contributed by atoms with E-state index in [0.29, 0.717) is 12.8 Å². The predicted octanol–water partition coefficient (Wildman–Crippen LogP) is 5.66. The maximum absolute atomic E-state index is 13.0. The van der Waals surface area contributed by atoms with Crippen LogP contribution in [0.2, 0.25) is 0 Å². The van der Waals surface area contributed by atoms with E-state index < -0.39 is 38.1 Å². The molecule has 23 heavy (non-hydrogen) atoms. The van der Waals surface area contributed by atoms with Gasteiger partial charge in [-0.2, -0.15) is 0 Å². The van der Waals surface area contributed by atoms with Crippen LogP contribution in [0.4, 0.5) is 25.1 Å². The smallest absolute Gasteiger partial charge is 0.310 e. The van der Waals surface area contributed by atoms with E-state index in [1.165, 1.54) is 0 Å². The maximum atomic E-state index is 13.0. The highest BCUT2D eigenvalue weighted by Crippen LogP contribution is 3.02. The van der Waals surface area contributed by atoms with Gasteiger partial charge in [-0.25, -0.2) is 0 Å². The minimum absolute atomic E-state index is 0.115. The van der Waals surface area contributed by atoms with Crippen LogP contribution in [-0.2, 0) is 4.79 Å². The van der Waals surface area contributed by atoms with Gasteiger partial charge in [-0.1, -0.05) is 41.8 Å². The van der Waals surface area contributed by atoms with E-state index in [1.54, 1.807) is 0 Å². The predicted molar refractivity (Wildman–Crippen MR) is 81.9 cm³/mol. The first-order valence-corrected chi connectivity index (χ1v) is 9.66. The zero-order valence-electron chi connectivity index (χ0n) is 11.6. The number of anilines is 1. The standard InChI is InChI=1S/C13H13BrF5NO2S/c14-7-12(21)9-4-10(20-13(22)8-2-1-3-8)6-11(5-9)23(15,16,17,18)19/h4-6,8H,1-3,7H2,(H,20,22). The molecule has 1 aromatic carbocycles. The van der Waals surface area contributed by atoms with Gasteiger partial charge >= 0.3 is 10.2 Å². The normalized spacial score (nSPS) is 18.5. The van der Waals surface area contributed by atoms with Gasteiger partial charge in [0.05, 0.1) is 5.33 Å². The van der Waals surface area contributed by atoms with Crippen LogP contribution in [0, 0.1) is 5.92 Å². The quantitative estimate of drug-likeness (QED) is 0.378. The Morgan fingerprint density at radius 1 is 1.13 bits per heavy atom. The lowest BCUT2D eigenvalue weighted by Crippen LogP contribution is -2.28. The molecular weight excluding hydrogens is 409 g/mol. The van der Waals surface area contributed by atoms with Crippen molar-refractivity contribution in [1.29, 1.82) is 0 Å². The lowest BCUT2D eigenvalue weighted by Gasteiger charge is -2.41. The van der Waals surface area contributed by atoms with Crippen molar-refractivity contribution >= 4 is 43.5 Å². The van der Waals surface area contributed by atoms with E-state index in [-0.39, 0.29) is 23.4 Å². The first-order valence-electron chi connectivity index (χ1n) is 6.59. The van der Waals surface area contributed by atoms with Crippen LogP contribution < -0.4 is 5.32 Å². The van der Waals surface area contributed by atoms with E-state index in [9.17, 15) is 29.0 Å². The summed E-state index contributed by atoms with van der Waals surface area (Å²) in [6, 6.07) is 1.25. The highest BCUT2D eigenvalue weighted by Gasteiger charge is 2.65. The number of rotatable bonds is 5. The summed E-state index contributed by atoms with van der Waals surface area (Å²) < 4.78 is 65.1. The number of hydrogen-bond donors (Lipinski definition) is 1. The summed E-state index contributed by atoms with van der Waals surface area (Å²) in [4.78, 5) is 21.2. The molecule has 1 saturated carbocycles. The summed E-state index contributed by atoms with van der Waals surface area (Å²) in [5.41, 5.74) is -1.01.